The molecule has 0 aliphatic heterocycles. The second kappa shape index (κ2) is 5.50. The molecule has 0 aromatic heterocycles. The van der Waals surface area contributed by atoms with E-state index in [1.807, 2.05) is 0 Å². The Balaban J connectivity index is 1.97. The van der Waals surface area contributed by atoms with Gasteiger partial charge in [-0.1, -0.05) is 13.8 Å². The minimum atomic E-state index is 0.260. The molecule has 16 heavy (non-hydrogen) atoms. The molecule has 0 amide bonds. The maximum atomic E-state index is 3.62. The summed E-state index contributed by atoms with van der Waals surface area (Å²) in [5, 5.41) is 7.13. The van der Waals surface area contributed by atoms with Crippen molar-refractivity contribution in [1.82, 2.24) is 10.6 Å². The second-order valence-electron chi connectivity index (χ2n) is 6.72. The SMILES string of the molecule is CC(C)C1(CNCCCNC(C)(C)C)CC1. The predicted octanol–water partition coefficient (Wildman–Crippen LogP) is 2.79. The van der Waals surface area contributed by atoms with Gasteiger partial charge >= 0.3 is 0 Å². The van der Waals surface area contributed by atoms with Gasteiger partial charge in [0.2, 0.25) is 0 Å². The average Bonchev–Trinajstić information content (AvgIpc) is 2.90. The lowest BCUT2D eigenvalue weighted by Crippen LogP contribution is -2.38. The highest BCUT2D eigenvalue weighted by molar-refractivity contribution is 4.96. The van der Waals surface area contributed by atoms with Gasteiger partial charge in [-0.15, -0.1) is 0 Å². The lowest BCUT2D eigenvalue weighted by molar-refractivity contribution is 0.335. The number of nitrogens with one attached hydrogen (secondary N) is 2. The van der Waals surface area contributed by atoms with Crippen LogP contribution in [0.5, 0.6) is 0 Å². The Morgan fingerprint density at radius 2 is 1.75 bits per heavy atom. The van der Waals surface area contributed by atoms with Gasteiger partial charge in [-0.2, -0.15) is 0 Å². The maximum Gasteiger partial charge on any atom is 0.00965 e. The second-order valence-corrected chi connectivity index (χ2v) is 6.72. The first-order valence-corrected chi connectivity index (χ1v) is 6.81. The summed E-state index contributed by atoms with van der Waals surface area (Å²) in [6, 6.07) is 0. The smallest absolute Gasteiger partial charge is 0.00965 e. The fourth-order valence-corrected chi connectivity index (χ4v) is 2.13. The van der Waals surface area contributed by atoms with Gasteiger partial charge in [0.1, 0.15) is 0 Å². The van der Waals surface area contributed by atoms with E-state index in [-0.39, 0.29) is 5.54 Å². The lowest BCUT2D eigenvalue weighted by atomic mass is 9.92. The average molecular weight is 226 g/mol. The van der Waals surface area contributed by atoms with E-state index in [1.165, 1.54) is 25.8 Å². The molecular formula is C14H30N2. The first kappa shape index (κ1) is 14.0. The zero-order chi connectivity index (χ0) is 12.2. The van der Waals surface area contributed by atoms with E-state index in [2.05, 4.69) is 45.3 Å². The lowest BCUT2D eigenvalue weighted by Gasteiger charge is -2.22. The van der Waals surface area contributed by atoms with Gasteiger partial charge in [-0.05, 0) is 64.5 Å². The molecule has 0 spiro atoms. The van der Waals surface area contributed by atoms with Crippen LogP contribution < -0.4 is 10.6 Å². The summed E-state index contributed by atoms with van der Waals surface area (Å²) in [5.74, 6) is 0.840. The Labute approximate surface area is 102 Å². The maximum absolute atomic E-state index is 3.62. The van der Waals surface area contributed by atoms with E-state index in [1.54, 1.807) is 0 Å². The molecule has 0 radical (unpaired) electrons. The molecule has 1 saturated carbocycles. The van der Waals surface area contributed by atoms with Gasteiger partial charge in [0.15, 0.2) is 0 Å². The minimum Gasteiger partial charge on any atom is -0.316 e. The standard InChI is InChI=1S/C14H30N2/c1-12(2)14(7-8-14)11-15-9-6-10-16-13(3,4)5/h12,15-16H,6-11H2,1-5H3. The zero-order valence-electron chi connectivity index (χ0n) is 11.8. The van der Waals surface area contributed by atoms with Crippen LogP contribution in [0.4, 0.5) is 0 Å². The van der Waals surface area contributed by atoms with Crippen molar-refractivity contribution in [3.63, 3.8) is 0 Å². The minimum absolute atomic E-state index is 0.260. The molecule has 0 saturated heterocycles. The van der Waals surface area contributed by atoms with Crippen LogP contribution in [0.1, 0.15) is 53.9 Å². The molecule has 0 heterocycles. The molecule has 0 aromatic carbocycles. The van der Waals surface area contributed by atoms with E-state index in [0.717, 1.165) is 19.0 Å². The molecule has 2 N–H and O–H groups in total. The van der Waals surface area contributed by atoms with Crippen LogP contribution in [-0.4, -0.2) is 25.2 Å². The van der Waals surface area contributed by atoms with Crippen LogP contribution in [0.2, 0.25) is 0 Å². The van der Waals surface area contributed by atoms with Crippen molar-refractivity contribution < 1.29 is 0 Å². The molecule has 96 valence electrons. The van der Waals surface area contributed by atoms with Crippen molar-refractivity contribution in [2.45, 2.75) is 59.4 Å². The molecule has 2 nitrogen and oxygen atoms in total. The highest BCUT2D eigenvalue weighted by atomic mass is 15.0. The molecule has 1 rings (SSSR count). The monoisotopic (exact) mass is 226 g/mol. The van der Waals surface area contributed by atoms with Crippen molar-refractivity contribution in [2.24, 2.45) is 11.3 Å². The van der Waals surface area contributed by atoms with Crippen LogP contribution in [0.15, 0.2) is 0 Å². The van der Waals surface area contributed by atoms with E-state index >= 15 is 0 Å². The van der Waals surface area contributed by atoms with Crippen molar-refractivity contribution in [3.05, 3.63) is 0 Å². The van der Waals surface area contributed by atoms with E-state index in [0.29, 0.717) is 5.41 Å². The third-order valence-electron chi connectivity index (χ3n) is 3.78. The summed E-state index contributed by atoms with van der Waals surface area (Å²) in [4.78, 5) is 0. The summed E-state index contributed by atoms with van der Waals surface area (Å²) in [7, 11) is 0. The van der Waals surface area contributed by atoms with Gasteiger partial charge in [0.05, 0.1) is 0 Å². The van der Waals surface area contributed by atoms with Crippen molar-refractivity contribution in [1.29, 1.82) is 0 Å². The predicted molar refractivity (Wildman–Crippen MR) is 71.7 cm³/mol. The van der Waals surface area contributed by atoms with E-state index < -0.39 is 0 Å². The summed E-state index contributed by atoms with van der Waals surface area (Å²) < 4.78 is 0. The molecule has 1 fully saturated rings. The largest absolute Gasteiger partial charge is 0.316 e. The Bertz CT molecular complexity index is 199. The molecule has 0 unspecified atom stereocenters. The highest BCUT2D eigenvalue weighted by Gasteiger charge is 2.44. The Morgan fingerprint density at radius 1 is 1.12 bits per heavy atom. The Hall–Kier alpha value is -0.0800. The first-order valence-electron chi connectivity index (χ1n) is 6.81. The first-order chi connectivity index (χ1) is 7.36. The summed E-state index contributed by atoms with van der Waals surface area (Å²) in [5.41, 5.74) is 0.910. The Morgan fingerprint density at radius 3 is 2.19 bits per heavy atom. The van der Waals surface area contributed by atoms with Crippen LogP contribution in [-0.2, 0) is 0 Å². The van der Waals surface area contributed by atoms with Crippen molar-refractivity contribution >= 4 is 0 Å². The fourth-order valence-electron chi connectivity index (χ4n) is 2.13. The van der Waals surface area contributed by atoms with Crippen LogP contribution in [0.3, 0.4) is 0 Å². The number of rotatable bonds is 7. The van der Waals surface area contributed by atoms with Gasteiger partial charge in [-0.25, -0.2) is 0 Å². The van der Waals surface area contributed by atoms with E-state index in [9.17, 15) is 0 Å². The summed E-state index contributed by atoms with van der Waals surface area (Å²) >= 11 is 0. The summed E-state index contributed by atoms with van der Waals surface area (Å²) in [6.45, 7) is 14.9. The topological polar surface area (TPSA) is 24.1 Å². The van der Waals surface area contributed by atoms with Crippen LogP contribution in [0.25, 0.3) is 0 Å². The van der Waals surface area contributed by atoms with Gasteiger partial charge in [0, 0.05) is 12.1 Å². The summed E-state index contributed by atoms with van der Waals surface area (Å²) in [6.07, 6.45) is 4.08. The third-order valence-corrected chi connectivity index (χ3v) is 3.78. The quantitative estimate of drug-likeness (QED) is 0.652. The van der Waals surface area contributed by atoms with Crippen molar-refractivity contribution in [2.75, 3.05) is 19.6 Å². The van der Waals surface area contributed by atoms with Gasteiger partial charge in [0.25, 0.3) is 0 Å². The molecule has 0 atom stereocenters. The molecule has 0 aromatic rings. The molecule has 2 heteroatoms. The molecule has 0 bridgehead atoms. The van der Waals surface area contributed by atoms with Gasteiger partial charge < -0.3 is 10.6 Å². The number of hydrogen-bond acceptors (Lipinski definition) is 2. The third kappa shape index (κ3) is 4.84. The Kier molecular flexibility index (Phi) is 4.81. The normalized spacial score (nSPS) is 19.1. The van der Waals surface area contributed by atoms with E-state index in [4.69, 9.17) is 0 Å². The zero-order valence-corrected chi connectivity index (χ0v) is 11.8. The molecule has 1 aliphatic carbocycles. The highest BCUT2D eigenvalue weighted by Crippen LogP contribution is 2.51. The molecule has 1 aliphatic rings. The van der Waals surface area contributed by atoms with Gasteiger partial charge in [-0.3, -0.25) is 0 Å². The van der Waals surface area contributed by atoms with Crippen LogP contribution >= 0.6 is 0 Å². The van der Waals surface area contributed by atoms with Crippen LogP contribution in [0, 0.1) is 11.3 Å². The number of hydrogen-bond donors (Lipinski definition) is 2. The fraction of sp³-hybridized carbons (Fsp3) is 1.00. The van der Waals surface area contributed by atoms with Crippen molar-refractivity contribution in [3.8, 4) is 0 Å². The molecular weight excluding hydrogens is 196 g/mol.